The van der Waals surface area contributed by atoms with Gasteiger partial charge in [-0.2, -0.15) is 13.2 Å². The standard InChI is InChI=1S/C12H29N3.CHF3O3S.HNO2.Pd/c1-5-14(6-2)11-9-13-10-12-15(7-3)8-4;2-1(3,4)8(5,6)7;2-1-3;/h13H,5-12H2,1-4H3;(H,5,6,7);(H,2,3);/q;;;+2/p-2. The summed E-state index contributed by atoms with van der Waals surface area (Å²) in [5, 5.41) is 12.5. The Bertz CT molecular complexity index is 409. The second-order valence-electron chi connectivity index (χ2n) is 4.78. The maximum Gasteiger partial charge on any atom is 2.00 e. The van der Waals surface area contributed by atoms with Crippen molar-refractivity contribution in [3.05, 3.63) is 10.1 Å². The molecule has 0 fully saturated rings. The third kappa shape index (κ3) is 23.6. The Morgan fingerprint density at radius 1 is 0.926 bits per heavy atom. The van der Waals surface area contributed by atoms with Crippen molar-refractivity contribution in [2.75, 3.05) is 52.4 Å². The molecule has 0 radical (unpaired) electrons. The summed E-state index contributed by atoms with van der Waals surface area (Å²) >= 11 is 0. The molecular weight excluding hydrogens is 488 g/mol. The van der Waals surface area contributed by atoms with Crippen LogP contribution in [-0.4, -0.2) is 80.6 Å². The SMILES string of the molecule is CCN(CC)CCNCCN(CC)CC.O=N[O-].O=S(=O)([O-])C(F)(F)F.[Pd+2]. The Hall–Kier alpha value is -0.358. The summed E-state index contributed by atoms with van der Waals surface area (Å²) in [5.41, 5.74) is -5.65. The van der Waals surface area contributed by atoms with Crippen molar-refractivity contribution in [2.45, 2.75) is 33.2 Å². The molecule has 14 heteroatoms. The van der Waals surface area contributed by atoms with Crippen LogP contribution in [0.4, 0.5) is 13.2 Å². The Morgan fingerprint density at radius 3 is 1.30 bits per heavy atom. The van der Waals surface area contributed by atoms with Gasteiger partial charge in [0.2, 0.25) is 0 Å². The Morgan fingerprint density at radius 2 is 1.15 bits per heavy atom. The van der Waals surface area contributed by atoms with Gasteiger partial charge in [-0.3, -0.25) is 0 Å². The average Bonchev–Trinajstić information content (AvgIpc) is 2.54. The molecule has 0 saturated carbocycles. The van der Waals surface area contributed by atoms with E-state index in [9.17, 15) is 13.2 Å². The second kappa shape index (κ2) is 20.4. The number of nitrogens with one attached hydrogen (secondary N) is 1. The number of nitrogens with zero attached hydrogens (tertiary/aromatic N) is 3. The van der Waals surface area contributed by atoms with Gasteiger partial charge in [0.1, 0.15) is 0 Å². The zero-order valence-electron chi connectivity index (χ0n) is 15.9. The molecular formula is C13H29F3N4O5PdS. The van der Waals surface area contributed by atoms with E-state index in [0.717, 1.165) is 44.6 Å². The van der Waals surface area contributed by atoms with Crippen molar-refractivity contribution in [3.8, 4) is 0 Å². The van der Waals surface area contributed by atoms with Gasteiger partial charge in [0, 0.05) is 26.2 Å². The van der Waals surface area contributed by atoms with Crippen LogP contribution in [0.5, 0.6) is 0 Å². The molecule has 0 aromatic carbocycles. The van der Waals surface area contributed by atoms with Crippen LogP contribution in [-0.2, 0) is 30.5 Å². The predicted molar refractivity (Wildman–Crippen MR) is 93.4 cm³/mol. The summed E-state index contributed by atoms with van der Waals surface area (Å²) in [6.45, 7) is 18.1. The number of hydrogen-bond acceptors (Lipinski definition) is 9. The van der Waals surface area contributed by atoms with Crippen molar-refractivity contribution >= 4 is 10.1 Å². The average molecular weight is 517 g/mol. The smallest absolute Gasteiger partial charge is 0.741 e. The Labute approximate surface area is 173 Å². The van der Waals surface area contributed by atoms with Gasteiger partial charge in [-0.15, -0.1) is 5.34 Å². The number of likely N-dealkylation sites (N-methyl/N-ethyl adjacent to an activating group) is 2. The van der Waals surface area contributed by atoms with Gasteiger partial charge in [-0.25, -0.2) is 8.42 Å². The van der Waals surface area contributed by atoms with Crippen LogP contribution in [0.25, 0.3) is 0 Å². The van der Waals surface area contributed by atoms with Crippen LogP contribution in [0, 0.1) is 10.1 Å². The molecule has 0 rings (SSSR count). The molecule has 0 aliphatic rings. The molecule has 9 nitrogen and oxygen atoms in total. The third-order valence-corrected chi connectivity index (χ3v) is 3.85. The van der Waals surface area contributed by atoms with E-state index >= 15 is 0 Å². The fourth-order valence-electron chi connectivity index (χ4n) is 1.68. The van der Waals surface area contributed by atoms with Crippen molar-refractivity contribution < 1.29 is 46.6 Å². The predicted octanol–water partition coefficient (Wildman–Crippen LogP) is 1.56. The fourth-order valence-corrected chi connectivity index (χ4v) is 1.68. The molecule has 0 heterocycles. The van der Waals surface area contributed by atoms with E-state index in [1.54, 1.807) is 0 Å². The summed E-state index contributed by atoms with van der Waals surface area (Å²) in [6, 6.07) is 0. The molecule has 168 valence electrons. The number of alkyl halides is 3. The van der Waals surface area contributed by atoms with Crippen LogP contribution in [0.1, 0.15) is 27.7 Å². The molecule has 1 N–H and O–H groups in total. The molecule has 0 bridgehead atoms. The molecule has 0 aromatic rings. The molecule has 0 atom stereocenters. The van der Waals surface area contributed by atoms with E-state index in [1.807, 2.05) is 0 Å². The van der Waals surface area contributed by atoms with Crippen LogP contribution in [0.3, 0.4) is 0 Å². The van der Waals surface area contributed by atoms with E-state index in [4.69, 9.17) is 23.1 Å². The van der Waals surface area contributed by atoms with E-state index in [2.05, 4.69) is 42.8 Å². The zero-order chi connectivity index (χ0) is 21.2. The van der Waals surface area contributed by atoms with Crippen LogP contribution in [0.2, 0.25) is 0 Å². The maximum absolute atomic E-state index is 10.7. The summed E-state index contributed by atoms with van der Waals surface area (Å²) < 4.78 is 58.9. The number of rotatable bonds is 10. The minimum atomic E-state index is -6.09. The molecule has 0 aromatic heterocycles. The van der Waals surface area contributed by atoms with E-state index in [1.165, 1.54) is 13.1 Å². The molecule has 0 unspecified atom stereocenters. The Balaban J connectivity index is -0.000000186. The second-order valence-corrected chi connectivity index (χ2v) is 6.15. The van der Waals surface area contributed by atoms with Crippen molar-refractivity contribution in [3.63, 3.8) is 0 Å². The van der Waals surface area contributed by atoms with Gasteiger partial charge < -0.3 is 29.8 Å². The number of halogens is 3. The van der Waals surface area contributed by atoms with E-state index in [0.29, 0.717) is 0 Å². The monoisotopic (exact) mass is 516 g/mol. The zero-order valence-corrected chi connectivity index (χ0v) is 18.3. The summed E-state index contributed by atoms with van der Waals surface area (Å²) in [7, 11) is -6.09. The van der Waals surface area contributed by atoms with Crippen molar-refractivity contribution in [2.24, 2.45) is 5.34 Å². The molecule has 0 saturated heterocycles. The minimum Gasteiger partial charge on any atom is -0.741 e. The van der Waals surface area contributed by atoms with Gasteiger partial charge in [-0.05, 0) is 26.2 Å². The first kappa shape index (κ1) is 34.2. The minimum absolute atomic E-state index is 0. The van der Waals surface area contributed by atoms with Gasteiger partial charge in [-0.1, -0.05) is 27.7 Å². The fraction of sp³-hybridized carbons (Fsp3) is 1.00. The van der Waals surface area contributed by atoms with Crippen LogP contribution in [0.15, 0.2) is 5.34 Å². The van der Waals surface area contributed by atoms with Crippen LogP contribution < -0.4 is 5.32 Å². The van der Waals surface area contributed by atoms with Gasteiger partial charge in [0.15, 0.2) is 10.1 Å². The summed E-state index contributed by atoms with van der Waals surface area (Å²) in [4.78, 5) is 12.9. The third-order valence-electron chi connectivity index (χ3n) is 3.28. The largest absolute Gasteiger partial charge is 2.00 e. The normalized spacial score (nSPS) is 11.0. The molecule has 0 aliphatic heterocycles. The van der Waals surface area contributed by atoms with Crippen molar-refractivity contribution in [1.82, 2.24) is 15.1 Å². The van der Waals surface area contributed by atoms with E-state index in [-0.39, 0.29) is 20.4 Å². The van der Waals surface area contributed by atoms with E-state index < -0.39 is 15.6 Å². The first-order valence-corrected chi connectivity index (χ1v) is 9.48. The van der Waals surface area contributed by atoms with Crippen molar-refractivity contribution in [1.29, 1.82) is 0 Å². The Kier molecular flexibility index (Phi) is 25.8. The summed E-state index contributed by atoms with van der Waals surface area (Å²) in [6.07, 6.45) is 0. The van der Waals surface area contributed by atoms with Crippen LogP contribution >= 0.6 is 0 Å². The first-order valence-electron chi connectivity index (χ1n) is 8.07. The topological polar surface area (TPSA) is 128 Å². The first-order chi connectivity index (χ1) is 11.9. The van der Waals surface area contributed by atoms with Gasteiger partial charge in [0.25, 0.3) is 0 Å². The van der Waals surface area contributed by atoms with Gasteiger partial charge >= 0.3 is 25.9 Å². The molecule has 0 aliphatic carbocycles. The maximum atomic E-state index is 10.7. The molecule has 0 amide bonds. The quantitative estimate of drug-likeness (QED) is 0.116. The van der Waals surface area contributed by atoms with Gasteiger partial charge in [0.05, 0.1) is 0 Å². The molecule has 0 spiro atoms. The molecule has 27 heavy (non-hydrogen) atoms. The number of hydrogen-bond donors (Lipinski definition) is 1. The summed E-state index contributed by atoms with van der Waals surface area (Å²) in [5.74, 6) is 0.